The van der Waals surface area contributed by atoms with Crippen LogP contribution in [0.1, 0.15) is 96.6 Å². The van der Waals surface area contributed by atoms with E-state index in [2.05, 4.69) is 5.32 Å². The molecule has 0 radical (unpaired) electrons. The zero-order valence-corrected chi connectivity index (χ0v) is 29.0. The number of nitrogens with one attached hydrogen (secondary N) is 1. The summed E-state index contributed by atoms with van der Waals surface area (Å²) in [5.41, 5.74) is 0.554. The van der Waals surface area contributed by atoms with Crippen molar-refractivity contribution in [1.82, 2.24) is 4.57 Å². The van der Waals surface area contributed by atoms with Crippen LogP contribution in [0.3, 0.4) is 0 Å². The Hall–Kier alpha value is -4.47. The Labute approximate surface area is 295 Å². The third-order valence-corrected chi connectivity index (χ3v) is 8.01. The molecule has 1 fully saturated rings. The largest absolute Gasteiger partial charge is 0.506 e. The maximum Gasteiger partial charge on any atom is 0.308 e. The molecule has 4 aromatic rings. The molecule has 0 bridgehead atoms. The second kappa shape index (κ2) is 14.6. The third-order valence-electron chi connectivity index (χ3n) is 8.01. The molecule has 1 aliphatic rings. The van der Waals surface area contributed by atoms with Gasteiger partial charge in [-0.2, -0.15) is 0 Å². The van der Waals surface area contributed by atoms with Gasteiger partial charge >= 0.3 is 5.97 Å². The maximum absolute atomic E-state index is 14.6. The van der Waals surface area contributed by atoms with Crippen LogP contribution in [0.4, 0.5) is 10.1 Å². The Bertz CT molecular complexity index is 2030. The van der Waals surface area contributed by atoms with Crippen molar-refractivity contribution in [3.05, 3.63) is 95.8 Å². The molecule has 1 aliphatic heterocycles. The number of para-hydroxylation sites is 2. The van der Waals surface area contributed by atoms with E-state index in [-0.39, 0.29) is 47.0 Å². The topological polar surface area (TPSA) is 99.0 Å². The van der Waals surface area contributed by atoms with Gasteiger partial charge in [-0.1, -0.05) is 56.2 Å². The van der Waals surface area contributed by atoms with E-state index < -0.39 is 71.5 Å². The Morgan fingerprint density at radius 1 is 1.04 bits per heavy atom. The fraction of sp³-hybridized carbons (Fsp3) is 0.400. The van der Waals surface area contributed by atoms with Crippen molar-refractivity contribution < 1.29 is 40.2 Å². The van der Waals surface area contributed by atoms with E-state index in [0.29, 0.717) is 29.8 Å². The number of anilines is 1. The molecule has 0 spiro atoms. The quantitative estimate of drug-likeness (QED) is 0.129. The summed E-state index contributed by atoms with van der Waals surface area (Å²) in [4.78, 5) is 27.4. The Morgan fingerprint density at radius 3 is 2.33 bits per heavy atom. The standard InChI is InChI=1S/C40H47FN2O6/c1-25(2)36-35(38(46)42-31-15-11-12-16-32(31)44)34(26-13-9-8-10-14-26)37(27-17-19-28(41)20-18-27)43(36)22-21-29-23-30(48-40(6,7)47-29)24-33(45)49-39(3,4)5/h8-20,25,29-30,44H,21-24H2,1-7H3,(H,42,46)/t29-,30-/m1/s1/i8D,9D,10D,13D,14D. The first kappa shape index (κ1) is 29.4. The summed E-state index contributed by atoms with van der Waals surface area (Å²) >= 11 is 0. The van der Waals surface area contributed by atoms with Crippen LogP contribution in [-0.2, 0) is 25.5 Å². The Balaban J connectivity index is 1.73. The number of nitrogens with zero attached hydrogens (tertiary/aromatic N) is 1. The number of aromatic hydroxyl groups is 1. The first-order valence-corrected chi connectivity index (χ1v) is 16.5. The molecule has 2 N–H and O–H groups in total. The van der Waals surface area contributed by atoms with Crippen LogP contribution >= 0.6 is 0 Å². The Morgan fingerprint density at radius 2 is 1.69 bits per heavy atom. The van der Waals surface area contributed by atoms with Crippen LogP contribution in [0, 0.1) is 5.82 Å². The van der Waals surface area contributed by atoms with Crippen LogP contribution in [0.5, 0.6) is 5.75 Å². The van der Waals surface area contributed by atoms with E-state index in [1.54, 1.807) is 46.8 Å². The summed E-state index contributed by atoms with van der Waals surface area (Å²) < 4.78 is 77.6. The molecule has 1 saturated heterocycles. The van der Waals surface area contributed by atoms with Gasteiger partial charge in [0.2, 0.25) is 0 Å². The van der Waals surface area contributed by atoms with E-state index >= 15 is 0 Å². The molecule has 49 heavy (non-hydrogen) atoms. The molecule has 2 heterocycles. The van der Waals surface area contributed by atoms with Gasteiger partial charge in [0.15, 0.2) is 5.79 Å². The predicted octanol–water partition coefficient (Wildman–Crippen LogP) is 9.07. The number of benzene rings is 3. The molecule has 0 saturated carbocycles. The van der Waals surface area contributed by atoms with Crippen molar-refractivity contribution in [2.75, 3.05) is 5.32 Å². The highest BCUT2D eigenvalue weighted by molar-refractivity contribution is 6.13. The molecule has 5 rings (SSSR count). The molecule has 0 aliphatic carbocycles. The van der Waals surface area contributed by atoms with Gasteiger partial charge in [-0.3, -0.25) is 9.59 Å². The number of phenols is 1. The molecule has 3 aromatic carbocycles. The number of aromatic nitrogens is 1. The minimum Gasteiger partial charge on any atom is -0.506 e. The highest BCUT2D eigenvalue weighted by atomic mass is 19.1. The van der Waals surface area contributed by atoms with E-state index in [4.69, 9.17) is 21.1 Å². The number of phenolic OH excluding ortho intramolecular Hbond substituents is 1. The van der Waals surface area contributed by atoms with E-state index in [0.717, 1.165) is 0 Å². The summed E-state index contributed by atoms with van der Waals surface area (Å²) in [6.07, 6.45) is -0.240. The lowest BCUT2D eigenvalue weighted by molar-refractivity contribution is -0.301. The fourth-order valence-electron chi connectivity index (χ4n) is 6.35. The summed E-state index contributed by atoms with van der Waals surface area (Å²) in [6, 6.07) is 8.88. The van der Waals surface area contributed by atoms with Crippen LogP contribution in [0.2, 0.25) is 0 Å². The van der Waals surface area contributed by atoms with Gasteiger partial charge in [0, 0.05) is 24.2 Å². The van der Waals surface area contributed by atoms with Crippen molar-refractivity contribution in [2.24, 2.45) is 0 Å². The lowest BCUT2D eigenvalue weighted by Crippen LogP contribution is -2.46. The number of rotatable bonds is 10. The number of ether oxygens (including phenoxy) is 3. The minimum absolute atomic E-state index is 0.0123. The zero-order chi connectivity index (χ0) is 39.9. The molecular formula is C40H47FN2O6. The highest BCUT2D eigenvalue weighted by Gasteiger charge is 2.38. The number of halogens is 1. The van der Waals surface area contributed by atoms with Crippen LogP contribution in [0.25, 0.3) is 22.4 Å². The van der Waals surface area contributed by atoms with Gasteiger partial charge in [0.1, 0.15) is 17.2 Å². The first-order chi connectivity index (χ1) is 25.2. The number of esters is 1. The SMILES string of the molecule is [2H]c1c([2H])c([2H])c(-c2c(C(=O)Nc3ccccc3O)c(C(C)C)n(CC[C@@H]3C[C@H](CC(=O)OC(C)(C)C)OC(C)(C)O3)c2-c2ccc(F)cc2)c([2H])c1[2H]. The lowest BCUT2D eigenvalue weighted by Gasteiger charge is -2.41. The minimum atomic E-state index is -1.05. The zero-order valence-electron chi connectivity index (χ0n) is 34.0. The predicted molar refractivity (Wildman–Crippen MR) is 189 cm³/mol. The van der Waals surface area contributed by atoms with Gasteiger partial charge in [-0.15, -0.1) is 0 Å². The summed E-state index contributed by atoms with van der Waals surface area (Å²) in [6.45, 7) is 12.8. The average molecular weight is 676 g/mol. The van der Waals surface area contributed by atoms with Crippen molar-refractivity contribution in [2.45, 2.75) is 104 Å². The summed E-state index contributed by atoms with van der Waals surface area (Å²) in [7, 11) is 0. The highest BCUT2D eigenvalue weighted by Crippen LogP contribution is 2.43. The second-order valence-corrected chi connectivity index (χ2v) is 14.0. The molecule has 8 nitrogen and oxygen atoms in total. The van der Waals surface area contributed by atoms with Gasteiger partial charge < -0.3 is 29.2 Å². The summed E-state index contributed by atoms with van der Waals surface area (Å²) in [5, 5.41) is 13.4. The third kappa shape index (κ3) is 8.77. The molecule has 2 atom stereocenters. The molecule has 1 amide bonds. The molecule has 260 valence electrons. The fourth-order valence-corrected chi connectivity index (χ4v) is 6.35. The molecule has 1 aromatic heterocycles. The van der Waals surface area contributed by atoms with Crippen molar-refractivity contribution >= 4 is 17.6 Å². The average Bonchev–Trinajstić information content (AvgIpc) is 3.40. The number of carbonyl (C=O) groups is 2. The summed E-state index contributed by atoms with van der Waals surface area (Å²) in [5.74, 6) is -3.23. The van der Waals surface area contributed by atoms with Gasteiger partial charge in [-0.05, 0) is 94.5 Å². The van der Waals surface area contributed by atoms with E-state index in [9.17, 15) is 19.1 Å². The number of hydrogen-bond acceptors (Lipinski definition) is 6. The van der Waals surface area contributed by atoms with Crippen LogP contribution < -0.4 is 5.32 Å². The van der Waals surface area contributed by atoms with Crippen molar-refractivity contribution in [1.29, 1.82) is 0 Å². The second-order valence-electron chi connectivity index (χ2n) is 14.0. The van der Waals surface area contributed by atoms with Crippen LogP contribution in [0.15, 0.2) is 78.7 Å². The van der Waals surface area contributed by atoms with Crippen molar-refractivity contribution in [3.63, 3.8) is 0 Å². The van der Waals surface area contributed by atoms with Gasteiger partial charge in [0.25, 0.3) is 5.91 Å². The maximum atomic E-state index is 14.6. The Kier molecular flexibility index (Phi) is 8.75. The van der Waals surface area contributed by atoms with Crippen LogP contribution in [-0.4, -0.2) is 45.1 Å². The van der Waals surface area contributed by atoms with E-state index in [1.807, 2.05) is 18.4 Å². The number of carbonyl (C=O) groups excluding carboxylic acids is 2. The first-order valence-electron chi connectivity index (χ1n) is 19.0. The molecule has 9 heteroatoms. The molecule has 0 unspecified atom stereocenters. The van der Waals surface area contributed by atoms with Crippen molar-refractivity contribution in [3.8, 4) is 28.1 Å². The monoisotopic (exact) mass is 675 g/mol. The smallest absolute Gasteiger partial charge is 0.308 e. The number of hydrogen-bond donors (Lipinski definition) is 2. The molecular weight excluding hydrogens is 623 g/mol. The normalized spacial score (nSPS) is 19.0. The number of amides is 1. The van der Waals surface area contributed by atoms with Gasteiger partial charge in [0.05, 0.1) is 42.4 Å². The lowest BCUT2D eigenvalue weighted by atomic mass is 9.94. The van der Waals surface area contributed by atoms with E-state index in [1.165, 1.54) is 36.4 Å². The van der Waals surface area contributed by atoms with Gasteiger partial charge in [-0.25, -0.2) is 4.39 Å².